The van der Waals surface area contributed by atoms with Crippen molar-refractivity contribution in [2.45, 2.75) is 30.7 Å². The van der Waals surface area contributed by atoms with Crippen LogP contribution in [0.15, 0.2) is 29.2 Å². The predicted octanol–water partition coefficient (Wildman–Crippen LogP) is -0.660. The molecule has 4 N–H and O–H groups in total. The van der Waals surface area contributed by atoms with Gasteiger partial charge in [0.1, 0.15) is 0 Å². The standard InChI is InChI=1S/C13H19N3O3S/c1-10(16-7-2-3-8-16)13(17)15-11-5-4-6-12(9-11)20(14,18)19/h4-6,9-10H,2-3,7-8H2,1H3,(H,15,17)(H2,14,18,19)/p+1/t10-/m0/s1. The zero-order valence-corrected chi connectivity index (χ0v) is 12.2. The molecular formula is C13H20N3O3S+. The van der Waals surface area contributed by atoms with E-state index in [1.54, 1.807) is 12.1 Å². The van der Waals surface area contributed by atoms with E-state index in [-0.39, 0.29) is 16.8 Å². The Kier molecular flexibility index (Phi) is 4.42. The summed E-state index contributed by atoms with van der Waals surface area (Å²) in [7, 11) is -3.75. The van der Waals surface area contributed by atoms with E-state index in [2.05, 4.69) is 5.32 Å². The van der Waals surface area contributed by atoms with Crippen molar-refractivity contribution in [3.05, 3.63) is 24.3 Å². The minimum Gasteiger partial charge on any atom is -0.325 e. The summed E-state index contributed by atoms with van der Waals surface area (Å²) in [5.74, 6) is -0.103. The van der Waals surface area contributed by atoms with E-state index < -0.39 is 10.0 Å². The zero-order chi connectivity index (χ0) is 14.8. The summed E-state index contributed by atoms with van der Waals surface area (Å²) in [6.45, 7) is 3.90. The lowest BCUT2D eigenvalue weighted by atomic mass is 10.2. The highest BCUT2D eigenvalue weighted by atomic mass is 32.2. The fraction of sp³-hybridized carbons (Fsp3) is 0.462. The molecule has 1 aliphatic rings. The molecule has 1 aromatic rings. The van der Waals surface area contributed by atoms with Gasteiger partial charge in [0, 0.05) is 18.5 Å². The summed E-state index contributed by atoms with van der Waals surface area (Å²) in [6, 6.07) is 5.84. The number of benzene rings is 1. The maximum Gasteiger partial charge on any atom is 0.282 e. The number of primary sulfonamides is 1. The molecule has 0 bridgehead atoms. The largest absolute Gasteiger partial charge is 0.325 e. The van der Waals surface area contributed by atoms with Gasteiger partial charge >= 0.3 is 0 Å². The topological polar surface area (TPSA) is 93.7 Å². The molecule has 20 heavy (non-hydrogen) atoms. The minimum atomic E-state index is -3.75. The second-order valence-corrected chi connectivity index (χ2v) is 6.71. The van der Waals surface area contributed by atoms with Crippen LogP contribution in [-0.4, -0.2) is 33.5 Å². The monoisotopic (exact) mass is 298 g/mol. The Morgan fingerprint density at radius 2 is 2.00 bits per heavy atom. The molecule has 0 saturated carbocycles. The van der Waals surface area contributed by atoms with Gasteiger partial charge in [-0.15, -0.1) is 0 Å². The highest BCUT2D eigenvalue weighted by Crippen LogP contribution is 2.14. The molecule has 1 amide bonds. The van der Waals surface area contributed by atoms with Gasteiger partial charge in [-0.1, -0.05) is 6.07 Å². The molecule has 6 nitrogen and oxygen atoms in total. The van der Waals surface area contributed by atoms with Gasteiger partial charge in [-0.25, -0.2) is 13.6 Å². The number of hydrogen-bond acceptors (Lipinski definition) is 3. The highest BCUT2D eigenvalue weighted by Gasteiger charge is 2.27. The normalized spacial score (nSPS) is 17.9. The van der Waals surface area contributed by atoms with Crippen molar-refractivity contribution in [2.75, 3.05) is 18.4 Å². The SMILES string of the molecule is C[C@@H](C(=O)Nc1cccc(S(N)(=O)=O)c1)[NH+]1CCCC1. The molecule has 110 valence electrons. The highest BCUT2D eigenvalue weighted by molar-refractivity contribution is 7.89. The Balaban J connectivity index is 2.07. The zero-order valence-electron chi connectivity index (χ0n) is 11.4. The molecule has 1 aromatic carbocycles. The van der Waals surface area contributed by atoms with Crippen LogP contribution in [0, 0.1) is 0 Å². The number of nitrogens with two attached hydrogens (primary N) is 1. The van der Waals surface area contributed by atoms with E-state index in [0.717, 1.165) is 25.9 Å². The molecule has 2 rings (SSSR count). The maximum absolute atomic E-state index is 12.1. The Hall–Kier alpha value is -1.44. The summed E-state index contributed by atoms with van der Waals surface area (Å²) >= 11 is 0. The van der Waals surface area contributed by atoms with Crippen LogP contribution >= 0.6 is 0 Å². The fourth-order valence-corrected chi connectivity index (χ4v) is 3.01. The quantitative estimate of drug-likeness (QED) is 0.689. The number of carbonyl (C=O) groups excluding carboxylic acids is 1. The summed E-state index contributed by atoms with van der Waals surface area (Å²) in [4.78, 5) is 13.4. The Morgan fingerprint density at radius 1 is 1.35 bits per heavy atom. The number of nitrogens with one attached hydrogen (secondary N) is 2. The lowest BCUT2D eigenvalue weighted by Crippen LogP contribution is -3.14. The second kappa shape index (κ2) is 5.90. The van der Waals surface area contributed by atoms with Crippen LogP contribution in [0.3, 0.4) is 0 Å². The van der Waals surface area contributed by atoms with Gasteiger partial charge < -0.3 is 10.2 Å². The minimum absolute atomic E-state index is 0.00327. The Morgan fingerprint density at radius 3 is 2.60 bits per heavy atom. The van der Waals surface area contributed by atoms with Crippen LogP contribution in [0.1, 0.15) is 19.8 Å². The average Bonchev–Trinajstić information content (AvgIpc) is 2.91. The smallest absolute Gasteiger partial charge is 0.282 e. The van der Waals surface area contributed by atoms with Gasteiger partial charge in [-0.3, -0.25) is 4.79 Å². The number of likely N-dealkylation sites (tertiary alicyclic amines) is 1. The molecule has 1 heterocycles. The Bertz CT molecular complexity index is 595. The van der Waals surface area contributed by atoms with Gasteiger partial charge in [0.2, 0.25) is 10.0 Å². The maximum atomic E-state index is 12.1. The van der Waals surface area contributed by atoms with E-state index in [0.29, 0.717) is 5.69 Å². The van der Waals surface area contributed by atoms with E-state index in [1.165, 1.54) is 17.0 Å². The summed E-state index contributed by atoms with van der Waals surface area (Å²) < 4.78 is 22.5. The first kappa shape index (κ1) is 15.0. The molecular weight excluding hydrogens is 278 g/mol. The molecule has 0 aromatic heterocycles. The van der Waals surface area contributed by atoms with Crippen LogP contribution in [0.4, 0.5) is 5.69 Å². The van der Waals surface area contributed by atoms with Gasteiger partial charge in [0.05, 0.1) is 18.0 Å². The van der Waals surface area contributed by atoms with Gasteiger partial charge in [-0.05, 0) is 25.1 Å². The summed E-state index contributed by atoms with van der Waals surface area (Å²) in [6.07, 6.45) is 2.29. The lowest BCUT2D eigenvalue weighted by molar-refractivity contribution is -0.901. The van der Waals surface area contributed by atoms with Crippen LogP contribution < -0.4 is 15.4 Å². The van der Waals surface area contributed by atoms with Crippen molar-refractivity contribution in [3.8, 4) is 0 Å². The number of amides is 1. The molecule has 0 spiro atoms. The molecule has 0 radical (unpaired) electrons. The van der Waals surface area contributed by atoms with Crippen LogP contribution in [-0.2, 0) is 14.8 Å². The van der Waals surface area contributed by atoms with E-state index in [4.69, 9.17) is 5.14 Å². The van der Waals surface area contributed by atoms with E-state index in [9.17, 15) is 13.2 Å². The van der Waals surface area contributed by atoms with Crippen molar-refractivity contribution in [1.29, 1.82) is 0 Å². The third-order valence-electron chi connectivity index (χ3n) is 3.68. The van der Waals surface area contributed by atoms with Gasteiger partial charge in [0.25, 0.3) is 5.91 Å². The lowest BCUT2D eigenvalue weighted by Gasteiger charge is -2.20. The number of carbonyl (C=O) groups is 1. The molecule has 0 aliphatic carbocycles. The average molecular weight is 298 g/mol. The van der Waals surface area contributed by atoms with Crippen molar-refractivity contribution in [3.63, 3.8) is 0 Å². The van der Waals surface area contributed by atoms with Gasteiger partial charge in [0.15, 0.2) is 6.04 Å². The van der Waals surface area contributed by atoms with Crippen LogP contribution in [0.25, 0.3) is 0 Å². The van der Waals surface area contributed by atoms with Crippen molar-refractivity contribution in [1.82, 2.24) is 0 Å². The summed E-state index contributed by atoms with van der Waals surface area (Å²) in [5.41, 5.74) is 0.451. The summed E-state index contributed by atoms with van der Waals surface area (Å²) in [5, 5.41) is 7.82. The number of rotatable bonds is 4. The number of sulfonamides is 1. The van der Waals surface area contributed by atoms with Crippen molar-refractivity contribution >= 4 is 21.6 Å². The fourth-order valence-electron chi connectivity index (χ4n) is 2.45. The number of anilines is 1. The first-order valence-corrected chi connectivity index (χ1v) is 8.21. The van der Waals surface area contributed by atoms with Crippen molar-refractivity contribution in [2.24, 2.45) is 5.14 Å². The molecule has 0 unspecified atom stereocenters. The second-order valence-electron chi connectivity index (χ2n) is 5.15. The van der Waals surface area contributed by atoms with Crippen molar-refractivity contribution < 1.29 is 18.1 Å². The van der Waals surface area contributed by atoms with Crippen LogP contribution in [0.2, 0.25) is 0 Å². The van der Waals surface area contributed by atoms with Gasteiger partial charge in [-0.2, -0.15) is 0 Å². The number of hydrogen-bond donors (Lipinski definition) is 3. The molecule has 1 saturated heterocycles. The molecule has 1 fully saturated rings. The Labute approximate surface area is 119 Å². The molecule has 7 heteroatoms. The van der Waals surface area contributed by atoms with Crippen LogP contribution in [0.5, 0.6) is 0 Å². The molecule has 1 atom stereocenters. The predicted molar refractivity (Wildman–Crippen MR) is 75.8 cm³/mol. The van der Waals surface area contributed by atoms with E-state index >= 15 is 0 Å². The third kappa shape index (κ3) is 3.56. The third-order valence-corrected chi connectivity index (χ3v) is 4.59. The molecule has 1 aliphatic heterocycles. The van der Waals surface area contributed by atoms with E-state index in [1.807, 2.05) is 6.92 Å². The number of quaternary nitrogens is 1. The first-order valence-electron chi connectivity index (χ1n) is 6.66. The first-order chi connectivity index (χ1) is 9.38.